The van der Waals surface area contributed by atoms with Crippen molar-refractivity contribution in [1.29, 1.82) is 0 Å². The highest BCUT2D eigenvalue weighted by Gasteiger charge is 2.24. The molecule has 0 saturated carbocycles. The summed E-state index contributed by atoms with van der Waals surface area (Å²) in [6, 6.07) is 24.2. The van der Waals surface area contributed by atoms with Crippen LogP contribution in [0.2, 0.25) is 5.02 Å². The van der Waals surface area contributed by atoms with E-state index < -0.39 is 5.97 Å². The van der Waals surface area contributed by atoms with E-state index in [1.54, 1.807) is 24.3 Å². The van der Waals surface area contributed by atoms with Gasteiger partial charge >= 0.3 is 5.97 Å². The van der Waals surface area contributed by atoms with E-state index in [-0.39, 0.29) is 18.0 Å². The highest BCUT2D eigenvalue weighted by atomic mass is 35.5. The minimum Gasteiger partial charge on any atom is -0.454 e. The SMILES string of the molecule is CCn1c(-c2ccccc2)c(C(=O)COC(=O)c2ccccc2Cl)c2ccccc21. The molecule has 0 aliphatic carbocycles. The van der Waals surface area contributed by atoms with Crippen molar-refractivity contribution in [2.75, 3.05) is 6.61 Å². The Balaban J connectivity index is 1.74. The molecule has 1 heterocycles. The molecule has 0 saturated heterocycles. The Kier molecular flexibility index (Phi) is 5.68. The van der Waals surface area contributed by atoms with E-state index in [1.165, 1.54) is 0 Å². The fourth-order valence-corrected chi connectivity index (χ4v) is 3.93. The summed E-state index contributed by atoms with van der Waals surface area (Å²) >= 11 is 6.07. The summed E-state index contributed by atoms with van der Waals surface area (Å²) in [6.07, 6.45) is 0. The maximum atomic E-state index is 13.3. The number of carbonyl (C=O) groups is 2. The Bertz CT molecular complexity index is 1230. The number of para-hydroxylation sites is 1. The average molecular weight is 418 g/mol. The number of halogens is 1. The Morgan fingerprint density at radius 2 is 1.57 bits per heavy atom. The second-order valence-corrected chi connectivity index (χ2v) is 7.24. The van der Waals surface area contributed by atoms with E-state index in [0.29, 0.717) is 17.1 Å². The van der Waals surface area contributed by atoms with Crippen molar-refractivity contribution in [3.63, 3.8) is 0 Å². The van der Waals surface area contributed by atoms with Gasteiger partial charge in [0.15, 0.2) is 6.61 Å². The number of benzene rings is 3. The first-order chi connectivity index (χ1) is 14.6. The van der Waals surface area contributed by atoms with Gasteiger partial charge in [0.25, 0.3) is 0 Å². The van der Waals surface area contributed by atoms with Gasteiger partial charge in [-0.3, -0.25) is 4.79 Å². The van der Waals surface area contributed by atoms with Crippen LogP contribution < -0.4 is 0 Å². The van der Waals surface area contributed by atoms with Crippen LogP contribution in [0.1, 0.15) is 27.6 Å². The lowest BCUT2D eigenvalue weighted by atomic mass is 10.0. The fraction of sp³-hybridized carbons (Fsp3) is 0.120. The maximum absolute atomic E-state index is 13.3. The van der Waals surface area contributed by atoms with Crippen molar-refractivity contribution in [3.8, 4) is 11.3 Å². The Morgan fingerprint density at radius 3 is 2.30 bits per heavy atom. The number of hydrogen-bond acceptors (Lipinski definition) is 3. The normalized spacial score (nSPS) is 10.9. The van der Waals surface area contributed by atoms with Gasteiger partial charge in [-0.2, -0.15) is 0 Å². The zero-order valence-electron chi connectivity index (χ0n) is 16.5. The molecule has 0 amide bonds. The molecule has 30 heavy (non-hydrogen) atoms. The van der Waals surface area contributed by atoms with Gasteiger partial charge in [-0.05, 0) is 30.7 Å². The number of Topliss-reactive ketones (excluding diaryl/α,β-unsaturated/α-hetero) is 1. The summed E-state index contributed by atoms with van der Waals surface area (Å²) < 4.78 is 7.44. The van der Waals surface area contributed by atoms with Crippen molar-refractivity contribution in [3.05, 3.63) is 95.0 Å². The second kappa shape index (κ2) is 8.56. The van der Waals surface area contributed by atoms with Gasteiger partial charge in [0.1, 0.15) is 0 Å². The van der Waals surface area contributed by atoms with Crippen LogP contribution in [-0.2, 0) is 11.3 Å². The smallest absolute Gasteiger partial charge is 0.340 e. The molecule has 4 nitrogen and oxygen atoms in total. The van der Waals surface area contributed by atoms with Crippen LogP contribution in [0.4, 0.5) is 0 Å². The van der Waals surface area contributed by atoms with E-state index in [2.05, 4.69) is 4.57 Å². The molecule has 0 fully saturated rings. The summed E-state index contributed by atoms with van der Waals surface area (Å²) in [7, 11) is 0. The van der Waals surface area contributed by atoms with Crippen molar-refractivity contribution in [1.82, 2.24) is 4.57 Å². The van der Waals surface area contributed by atoms with E-state index in [0.717, 1.165) is 22.2 Å². The molecule has 1 aromatic heterocycles. The van der Waals surface area contributed by atoms with Crippen LogP contribution >= 0.6 is 11.6 Å². The number of nitrogens with zero attached hydrogens (tertiary/aromatic N) is 1. The molecule has 0 unspecified atom stereocenters. The molecule has 3 aromatic carbocycles. The second-order valence-electron chi connectivity index (χ2n) is 6.83. The molecule has 0 spiro atoms. The van der Waals surface area contributed by atoms with Gasteiger partial charge < -0.3 is 9.30 Å². The zero-order chi connectivity index (χ0) is 21.1. The first-order valence-corrected chi connectivity index (χ1v) is 10.1. The first-order valence-electron chi connectivity index (χ1n) is 9.73. The quantitative estimate of drug-likeness (QED) is 0.284. The summed E-state index contributed by atoms with van der Waals surface area (Å²) in [5, 5.41) is 1.14. The average Bonchev–Trinajstić information content (AvgIpc) is 3.12. The number of ketones is 1. The number of hydrogen-bond donors (Lipinski definition) is 0. The predicted molar refractivity (Wildman–Crippen MR) is 119 cm³/mol. The van der Waals surface area contributed by atoms with Crippen LogP contribution in [-0.4, -0.2) is 22.9 Å². The Morgan fingerprint density at radius 1 is 0.900 bits per heavy atom. The number of aromatic nitrogens is 1. The fourth-order valence-electron chi connectivity index (χ4n) is 3.72. The van der Waals surface area contributed by atoms with Gasteiger partial charge in [-0.25, -0.2) is 4.79 Å². The lowest BCUT2D eigenvalue weighted by Gasteiger charge is -2.11. The van der Waals surface area contributed by atoms with Gasteiger partial charge in [0, 0.05) is 17.4 Å². The molecule has 4 aromatic rings. The summed E-state index contributed by atoms with van der Waals surface area (Å²) in [5.74, 6) is -0.868. The van der Waals surface area contributed by atoms with Crippen molar-refractivity contribution < 1.29 is 14.3 Å². The molecule has 4 rings (SSSR count). The third-order valence-corrected chi connectivity index (χ3v) is 5.37. The lowest BCUT2D eigenvalue weighted by Crippen LogP contribution is -2.15. The monoisotopic (exact) mass is 417 g/mol. The predicted octanol–water partition coefficient (Wildman–Crippen LogP) is 6.02. The zero-order valence-corrected chi connectivity index (χ0v) is 17.2. The number of carbonyl (C=O) groups excluding carboxylic acids is 2. The lowest BCUT2D eigenvalue weighted by molar-refractivity contribution is 0.0475. The Labute approximate surface area is 179 Å². The van der Waals surface area contributed by atoms with Crippen LogP contribution in [0.15, 0.2) is 78.9 Å². The number of rotatable bonds is 6. The molecule has 5 heteroatoms. The van der Waals surface area contributed by atoms with Gasteiger partial charge in [0.2, 0.25) is 5.78 Å². The summed E-state index contributed by atoms with van der Waals surface area (Å²) in [4.78, 5) is 25.7. The molecular weight excluding hydrogens is 398 g/mol. The first kappa shape index (κ1) is 19.9. The molecule has 0 N–H and O–H groups in total. The summed E-state index contributed by atoms with van der Waals surface area (Å²) in [6.45, 7) is 2.39. The summed E-state index contributed by atoms with van der Waals surface area (Å²) in [5.41, 5.74) is 3.55. The van der Waals surface area contributed by atoms with Crippen molar-refractivity contribution in [2.45, 2.75) is 13.5 Å². The van der Waals surface area contributed by atoms with Crippen LogP contribution in [0.5, 0.6) is 0 Å². The van der Waals surface area contributed by atoms with Crippen LogP contribution in [0.3, 0.4) is 0 Å². The van der Waals surface area contributed by atoms with Gasteiger partial charge in [0.05, 0.1) is 21.8 Å². The number of fused-ring (bicyclic) bond motifs is 1. The molecule has 0 atom stereocenters. The topological polar surface area (TPSA) is 48.3 Å². The number of ether oxygens (including phenoxy) is 1. The van der Waals surface area contributed by atoms with Crippen LogP contribution in [0, 0.1) is 0 Å². The largest absolute Gasteiger partial charge is 0.454 e. The minimum atomic E-state index is -0.616. The van der Waals surface area contributed by atoms with E-state index in [1.807, 2.05) is 61.5 Å². The van der Waals surface area contributed by atoms with E-state index in [4.69, 9.17) is 16.3 Å². The Hall–Kier alpha value is -3.37. The maximum Gasteiger partial charge on any atom is 0.340 e. The minimum absolute atomic E-state index is 0.242. The molecular formula is C25H20ClNO3. The molecule has 0 bridgehead atoms. The third kappa shape index (κ3) is 3.62. The van der Waals surface area contributed by atoms with Crippen LogP contribution in [0.25, 0.3) is 22.2 Å². The van der Waals surface area contributed by atoms with Crippen molar-refractivity contribution >= 4 is 34.3 Å². The molecule has 0 aliphatic rings. The molecule has 0 aliphatic heterocycles. The number of esters is 1. The van der Waals surface area contributed by atoms with Crippen molar-refractivity contribution in [2.24, 2.45) is 0 Å². The highest BCUT2D eigenvalue weighted by Crippen LogP contribution is 2.34. The van der Waals surface area contributed by atoms with Gasteiger partial charge in [-0.15, -0.1) is 0 Å². The molecule has 150 valence electrons. The third-order valence-electron chi connectivity index (χ3n) is 5.04. The van der Waals surface area contributed by atoms with E-state index in [9.17, 15) is 9.59 Å². The van der Waals surface area contributed by atoms with E-state index >= 15 is 0 Å². The highest BCUT2D eigenvalue weighted by molar-refractivity contribution is 6.33. The number of aryl methyl sites for hydroxylation is 1. The standard InChI is InChI=1S/C25H20ClNO3/c1-2-27-21-15-9-7-13-19(21)23(24(27)17-10-4-3-5-11-17)22(28)16-30-25(29)18-12-6-8-14-20(18)26/h3-15H,2,16H2,1H3. The van der Waals surface area contributed by atoms with Gasteiger partial charge in [-0.1, -0.05) is 72.3 Å². The molecule has 0 radical (unpaired) electrons.